The average molecular weight is 304 g/mol. The van der Waals surface area contributed by atoms with Crippen molar-refractivity contribution in [3.8, 4) is 0 Å². The zero-order valence-corrected chi connectivity index (χ0v) is 14.1. The van der Waals surface area contributed by atoms with Crippen LogP contribution in [0.4, 0.5) is 0 Å². The number of likely N-dealkylation sites (tertiary alicyclic amines) is 4. The molecule has 22 heavy (non-hydrogen) atoms. The standard InChI is InChI=1S/C18H32N4/c1-2-10-19(9-1)17(20-11-3-4-12-20)18(21-13-5-6-14-21)22-15-7-8-16-22/h1-16H2. The van der Waals surface area contributed by atoms with Crippen LogP contribution in [0.3, 0.4) is 0 Å². The summed E-state index contributed by atoms with van der Waals surface area (Å²) in [5.74, 6) is 3.22. The maximum Gasteiger partial charge on any atom is 0.146 e. The number of nitrogens with zero attached hydrogens (tertiary/aromatic N) is 4. The lowest BCUT2D eigenvalue weighted by molar-refractivity contribution is 0.191. The molecule has 124 valence electrons. The summed E-state index contributed by atoms with van der Waals surface area (Å²) in [4.78, 5) is 10.9. The van der Waals surface area contributed by atoms with Crippen molar-refractivity contribution in [1.29, 1.82) is 0 Å². The summed E-state index contributed by atoms with van der Waals surface area (Å²) in [5.41, 5.74) is 0. The van der Waals surface area contributed by atoms with Gasteiger partial charge in [-0.05, 0) is 51.4 Å². The average Bonchev–Trinajstić information content (AvgIpc) is 3.35. The van der Waals surface area contributed by atoms with Gasteiger partial charge in [-0.25, -0.2) is 0 Å². The maximum absolute atomic E-state index is 2.72. The van der Waals surface area contributed by atoms with Gasteiger partial charge >= 0.3 is 0 Å². The summed E-state index contributed by atoms with van der Waals surface area (Å²) in [5, 5.41) is 0. The molecule has 0 bridgehead atoms. The van der Waals surface area contributed by atoms with Gasteiger partial charge in [-0.15, -0.1) is 0 Å². The Labute approximate surface area is 135 Å². The van der Waals surface area contributed by atoms with Crippen molar-refractivity contribution in [3.05, 3.63) is 11.6 Å². The first-order valence-corrected chi connectivity index (χ1v) is 9.67. The van der Waals surface area contributed by atoms with Crippen molar-refractivity contribution in [2.24, 2.45) is 0 Å². The third-order valence-electron chi connectivity index (χ3n) is 5.82. The highest BCUT2D eigenvalue weighted by Gasteiger charge is 2.33. The minimum absolute atomic E-state index is 1.27. The highest BCUT2D eigenvalue weighted by atomic mass is 15.4. The first-order chi connectivity index (χ1) is 10.9. The third kappa shape index (κ3) is 2.77. The molecule has 4 fully saturated rings. The van der Waals surface area contributed by atoms with Gasteiger partial charge < -0.3 is 19.6 Å². The molecule has 0 aromatic rings. The molecule has 4 heterocycles. The number of rotatable bonds is 4. The molecule has 0 unspecified atom stereocenters. The fourth-order valence-electron chi connectivity index (χ4n) is 4.68. The van der Waals surface area contributed by atoms with E-state index in [0.717, 1.165) is 0 Å². The zero-order valence-electron chi connectivity index (χ0n) is 14.1. The van der Waals surface area contributed by atoms with E-state index >= 15 is 0 Å². The van der Waals surface area contributed by atoms with Crippen LogP contribution in [0.15, 0.2) is 11.6 Å². The first-order valence-electron chi connectivity index (χ1n) is 9.67. The van der Waals surface area contributed by atoms with Gasteiger partial charge in [0.05, 0.1) is 0 Å². The van der Waals surface area contributed by atoms with E-state index in [0.29, 0.717) is 0 Å². The molecule has 4 nitrogen and oxygen atoms in total. The Morgan fingerprint density at radius 1 is 0.318 bits per heavy atom. The van der Waals surface area contributed by atoms with Crippen molar-refractivity contribution < 1.29 is 0 Å². The van der Waals surface area contributed by atoms with E-state index in [1.165, 1.54) is 104 Å². The molecule has 4 rings (SSSR count). The molecular formula is C18H32N4. The molecule has 4 aliphatic heterocycles. The van der Waals surface area contributed by atoms with Crippen LogP contribution in [0.1, 0.15) is 51.4 Å². The summed E-state index contributed by atoms with van der Waals surface area (Å²) < 4.78 is 0. The van der Waals surface area contributed by atoms with E-state index in [2.05, 4.69) is 19.6 Å². The van der Waals surface area contributed by atoms with Crippen LogP contribution in [-0.4, -0.2) is 72.0 Å². The molecule has 0 aliphatic carbocycles. The van der Waals surface area contributed by atoms with Gasteiger partial charge in [0.2, 0.25) is 0 Å². The Morgan fingerprint density at radius 2 is 0.500 bits per heavy atom. The van der Waals surface area contributed by atoms with Crippen molar-refractivity contribution in [3.63, 3.8) is 0 Å². The van der Waals surface area contributed by atoms with E-state index in [9.17, 15) is 0 Å². The Balaban J connectivity index is 1.71. The van der Waals surface area contributed by atoms with Gasteiger partial charge in [0.25, 0.3) is 0 Å². The van der Waals surface area contributed by atoms with Crippen molar-refractivity contribution >= 4 is 0 Å². The largest absolute Gasteiger partial charge is 0.355 e. The van der Waals surface area contributed by atoms with Crippen LogP contribution in [0.2, 0.25) is 0 Å². The molecule has 0 atom stereocenters. The zero-order chi connectivity index (χ0) is 14.8. The Morgan fingerprint density at radius 3 is 0.682 bits per heavy atom. The molecule has 0 aromatic heterocycles. The number of hydrogen-bond acceptors (Lipinski definition) is 4. The van der Waals surface area contributed by atoms with E-state index in [4.69, 9.17) is 0 Å². The summed E-state index contributed by atoms with van der Waals surface area (Å²) in [6.45, 7) is 10.2. The molecule has 0 N–H and O–H groups in total. The van der Waals surface area contributed by atoms with E-state index in [1.807, 2.05) is 0 Å². The molecule has 4 aliphatic rings. The molecule has 4 saturated heterocycles. The molecule has 0 radical (unpaired) electrons. The van der Waals surface area contributed by atoms with Crippen molar-refractivity contribution in [2.45, 2.75) is 51.4 Å². The normalized spacial score (nSPS) is 25.6. The fourth-order valence-corrected chi connectivity index (χ4v) is 4.68. The Kier molecular flexibility index (Phi) is 4.35. The lowest BCUT2D eigenvalue weighted by atomic mass is 10.4. The second-order valence-electron chi connectivity index (χ2n) is 7.42. The second-order valence-corrected chi connectivity index (χ2v) is 7.42. The molecule has 0 aromatic carbocycles. The SMILES string of the molecule is C1CCN(C(=C(N2CCCC2)N2CCCC2)N2CCCC2)C1. The number of hydrogen-bond donors (Lipinski definition) is 0. The van der Waals surface area contributed by atoms with Crippen LogP contribution in [-0.2, 0) is 0 Å². The molecular weight excluding hydrogens is 272 g/mol. The minimum Gasteiger partial charge on any atom is -0.355 e. The molecule has 0 amide bonds. The molecule has 0 spiro atoms. The van der Waals surface area contributed by atoms with Gasteiger partial charge in [0.15, 0.2) is 0 Å². The van der Waals surface area contributed by atoms with Crippen LogP contribution in [0.25, 0.3) is 0 Å². The Bertz CT molecular complexity index is 321. The Hall–Kier alpha value is -1.06. The predicted molar refractivity (Wildman–Crippen MR) is 90.3 cm³/mol. The third-order valence-corrected chi connectivity index (χ3v) is 5.82. The first kappa shape index (κ1) is 14.5. The predicted octanol–water partition coefficient (Wildman–Crippen LogP) is 2.50. The van der Waals surface area contributed by atoms with Crippen LogP contribution in [0.5, 0.6) is 0 Å². The van der Waals surface area contributed by atoms with Crippen LogP contribution >= 0.6 is 0 Å². The van der Waals surface area contributed by atoms with Gasteiger partial charge in [-0.1, -0.05) is 0 Å². The summed E-state index contributed by atoms with van der Waals surface area (Å²) in [6.07, 6.45) is 11.0. The van der Waals surface area contributed by atoms with E-state index in [-0.39, 0.29) is 0 Å². The van der Waals surface area contributed by atoms with E-state index < -0.39 is 0 Å². The second kappa shape index (κ2) is 6.59. The highest BCUT2D eigenvalue weighted by Crippen LogP contribution is 2.31. The highest BCUT2D eigenvalue weighted by molar-refractivity contribution is 5.15. The van der Waals surface area contributed by atoms with Crippen LogP contribution < -0.4 is 0 Å². The summed E-state index contributed by atoms with van der Waals surface area (Å²) >= 11 is 0. The van der Waals surface area contributed by atoms with Gasteiger partial charge in [-0.3, -0.25) is 0 Å². The fraction of sp³-hybridized carbons (Fsp3) is 0.889. The maximum atomic E-state index is 2.72. The quantitative estimate of drug-likeness (QED) is 0.791. The summed E-state index contributed by atoms with van der Waals surface area (Å²) in [6, 6.07) is 0. The van der Waals surface area contributed by atoms with Gasteiger partial charge in [0, 0.05) is 52.4 Å². The van der Waals surface area contributed by atoms with Crippen molar-refractivity contribution in [1.82, 2.24) is 19.6 Å². The van der Waals surface area contributed by atoms with Crippen LogP contribution in [0, 0.1) is 0 Å². The van der Waals surface area contributed by atoms with Gasteiger partial charge in [-0.2, -0.15) is 0 Å². The summed E-state index contributed by atoms with van der Waals surface area (Å²) in [7, 11) is 0. The van der Waals surface area contributed by atoms with E-state index in [1.54, 1.807) is 11.6 Å². The lowest BCUT2D eigenvalue weighted by Gasteiger charge is -2.39. The molecule has 4 heteroatoms. The monoisotopic (exact) mass is 304 g/mol. The smallest absolute Gasteiger partial charge is 0.146 e. The lowest BCUT2D eigenvalue weighted by Crippen LogP contribution is -2.42. The minimum atomic E-state index is 1.27. The van der Waals surface area contributed by atoms with Crippen molar-refractivity contribution in [2.75, 3.05) is 52.4 Å². The molecule has 0 saturated carbocycles. The topological polar surface area (TPSA) is 13.0 Å². The van der Waals surface area contributed by atoms with Gasteiger partial charge in [0.1, 0.15) is 11.6 Å².